The second-order valence-electron chi connectivity index (χ2n) is 14.3. The molecule has 2 aliphatic heterocycles. The summed E-state index contributed by atoms with van der Waals surface area (Å²) >= 11 is 0. The molecule has 0 fully saturated rings. The molecule has 10 aromatic rings. The van der Waals surface area contributed by atoms with Gasteiger partial charge in [0.05, 0.1) is 0 Å². The van der Waals surface area contributed by atoms with Gasteiger partial charge in [0, 0.05) is 21.9 Å². The molecule has 12 rings (SSSR count). The van der Waals surface area contributed by atoms with E-state index in [4.69, 9.17) is 9.47 Å². The second kappa shape index (κ2) is 11.2. The molecule has 0 saturated heterocycles. The highest BCUT2D eigenvalue weighted by atomic mass is 16.5. The number of benzene rings is 10. The van der Waals surface area contributed by atoms with Crippen LogP contribution in [0.3, 0.4) is 0 Å². The minimum atomic E-state index is 0.892. The molecule has 0 radical (unpaired) electrons. The summed E-state index contributed by atoms with van der Waals surface area (Å²) in [4.78, 5) is 0. The minimum absolute atomic E-state index is 0.892. The van der Waals surface area contributed by atoms with Gasteiger partial charge in [-0.15, -0.1) is 0 Å². The highest BCUT2D eigenvalue weighted by molar-refractivity contribution is 6.16. The van der Waals surface area contributed by atoms with Crippen molar-refractivity contribution in [2.24, 2.45) is 0 Å². The fraction of sp³-hybridized carbons (Fsp3) is 0. The fourth-order valence-electron chi connectivity index (χ4n) is 9.12. The van der Waals surface area contributed by atoms with Crippen molar-refractivity contribution in [1.29, 1.82) is 0 Å². The molecule has 0 N–H and O–H groups in total. The van der Waals surface area contributed by atoms with Crippen molar-refractivity contribution in [2.75, 3.05) is 0 Å². The van der Waals surface area contributed by atoms with E-state index in [9.17, 15) is 0 Å². The Labute approximate surface area is 312 Å². The van der Waals surface area contributed by atoms with Crippen LogP contribution in [0.4, 0.5) is 0 Å². The lowest BCUT2D eigenvalue weighted by Crippen LogP contribution is -1.97. The van der Waals surface area contributed by atoms with Gasteiger partial charge in [0.1, 0.15) is 23.0 Å². The van der Waals surface area contributed by atoms with Crippen molar-refractivity contribution in [1.82, 2.24) is 0 Å². The molecule has 0 unspecified atom stereocenters. The van der Waals surface area contributed by atoms with Gasteiger partial charge in [-0.3, -0.25) is 0 Å². The monoisotopic (exact) mass is 686 g/mol. The Morgan fingerprint density at radius 1 is 0.241 bits per heavy atom. The van der Waals surface area contributed by atoms with E-state index in [1.165, 1.54) is 76.6 Å². The van der Waals surface area contributed by atoms with Crippen LogP contribution in [0.5, 0.6) is 23.0 Å². The van der Waals surface area contributed by atoms with Crippen molar-refractivity contribution in [3.8, 4) is 78.6 Å². The molecule has 0 spiro atoms. The molecule has 2 heterocycles. The third-order valence-corrected chi connectivity index (χ3v) is 11.5. The molecule has 0 aliphatic carbocycles. The average Bonchev–Trinajstić information content (AvgIpc) is 3.23. The van der Waals surface area contributed by atoms with E-state index in [0.29, 0.717) is 0 Å². The zero-order valence-electron chi connectivity index (χ0n) is 29.1. The number of hydrogen-bond acceptors (Lipinski definition) is 2. The maximum atomic E-state index is 6.57. The first-order valence-corrected chi connectivity index (χ1v) is 18.5. The van der Waals surface area contributed by atoms with Crippen LogP contribution in [-0.4, -0.2) is 0 Å². The lowest BCUT2D eigenvalue weighted by Gasteiger charge is -2.23. The molecule has 0 aromatic heterocycles. The summed E-state index contributed by atoms with van der Waals surface area (Å²) < 4.78 is 13.0. The van der Waals surface area contributed by atoms with Crippen molar-refractivity contribution in [3.63, 3.8) is 0 Å². The molecule has 2 heteroatoms. The molecule has 0 bridgehead atoms. The summed E-state index contributed by atoms with van der Waals surface area (Å²) in [5.41, 5.74) is 11.9. The van der Waals surface area contributed by atoms with Gasteiger partial charge in [-0.1, -0.05) is 152 Å². The van der Waals surface area contributed by atoms with Crippen LogP contribution in [0.2, 0.25) is 0 Å². The van der Waals surface area contributed by atoms with Crippen LogP contribution in [0.1, 0.15) is 0 Å². The van der Waals surface area contributed by atoms with E-state index >= 15 is 0 Å². The normalized spacial score (nSPS) is 12.4. The SMILES string of the molecule is c1ccc2c(c1)Oc1ccc(-c3cccc4c(-c5cccc6c(-c7ccc8c(c7)Oc7cccc9cccc-8c79)cccc56)cccc34)c3cccc-2c13. The Morgan fingerprint density at radius 2 is 0.685 bits per heavy atom. The van der Waals surface area contributed by atoms with E-state index in [1.807, 2.05) is 12.1 Å². The zero-order chi connectivity index (χ0) is 35.3. The predicted octanol–water partition coefficient (Wildman–Crippen LogP) is 14.8. The van der Waals surface area contributed by atoms with E-state index in [0.717, 1.165) is 45.1 Å². The number of fused-ring (bicyclic) bond motifs is 6. The largest absolute Gasteiger partial charge is 0.456 e. The molecule has 0 atom stereocenters. The maximum absolute atomic E-state index is 6.57. The average molecular weight is 687 g/mol. The van der Waals surface area contributed by atoms with Gasteiger partial charge in [-0.2, -0.15) is 0 Å². The van der Waals surface area contributed by atoms with Crippen LogP contribution in [-0.2, 0) is 0 Å². The lowest BCUT2D eigenvalue weighted by molar-refractivity contribution is 0.487. The van der Waals surface area contributed by atoms with E-state index in [1.54, 1.807) is 0 Å². The third kappa shape index (κ3) is 4.17. The molecule has 0 saturated carbocycles. The fourth-order valence-corrected chi connectivity index (χ4v) is 9.12. The number of para-hydroxylation sites is 1. The first-order valence-electron chi connectivity index (χ1n) is 18.5. The van der Waals surface area contributed by atoms with Gasteiger partial charge in [-0.05, 0) is 107 Å². The third-order valence-electron chi connectivity index (χ3n) is 11.5. The molecule has 2 nitrogen and oxygen atoms in total. The van der Waals surface area contributed by atoms with Gasteiger partial charge in [0.2, 0.25) is 0 Å². The molecule has 10 aromatic carbocycles. The van der Waals surface area contributed by atoms with Gasteiger partial charge < -0.3 is 9.47 Å². The van der Waals surface area contributed by atoms with Crippen molar-refractivity contribution >= 4 is 43.1 Å². The van der Waals surface area contributed by atoms with Gasteiger partial charge >= 0.3 is 0 Å². The van der Waals surface area contributed by atoms with Crippen LogP contribution < -0.4 is 9.47 Å². The Balaban J connectivity index is 1.00. The van der Waals surface area contributed by atoms with Crippen molar-refractivity contribution in [2.45, 2.75) is 0 Å². The first-order chi connectivity index (χ1) is 26.8. The summed E-state index contributed by atoms with van der Waals surface area (Å²) in [6, 6.07) is 65.6. The zero-order valence-corrected chi connectivity index (χ0v) is 29.1. The molecular formula is C52H30O2. The second-order valence-corrected chi connectivity index (χ2v) is 14.3. The molecule has 54 heavy (non-hydrogen) atoms. The topological polar surface area (TPSA) is 18.5 Å². The molecule has 0 amide bonds. The van der Waals surface area contributed by atoms with E-state index < -0.39 is 0 Å². The quantitative estimate of drug-likeness (QED) is 0.184. The van der Waals surface area contributed by atoms with Crippen LogP contribution in [0, 0.1) is 0 Å². The van der Waals surface area contributed by atoms with Crippen molar-refractivity contribution in [3.05, 3.63) is 182 Å². The number of rotatable bonds is 3. The van der Waals surface area contributed by atoms with Gasteiger partial charge in [0.15, 0.2) is 0 Å². The van der Waals surface area contributed by atoms with Crippen LogP contribution in [0.25, 0.3) is 98.7 Å². The predicted molar refractivity (Wildman–Crippen MR) is 224 cm³/mol. The summed E-state index contributed by atoms with van der Waals surface area (Å²) in [5, 5.41) is 9.62. The van der Waals surface area contributed by atoms with Crippen LogP contribution >= 0.6 is 0 Å². The summed E-state index contributed by atoms with van der Waals surface area (Å²) in [6.07, 6.45) is 0. The van der Waals surface area contributed by atoms with Crippen molar-refractivity contribution < 1.29 is 9.47 Å². The lowest BCUT2D eigenvalue weighted by atomic mass is 9.87. The Morgan fingerprint density at radius 3 is 1.41 bits per heavy atom. The smallest absolute Gasteiger partial charge is 0.135 e. The summed E-state index contributed by atoms with van der Waals surface area (Å²) in [6.45, 7) is 0. The Bertz CT molecular complexity index is 3220. The van der Waals surface area contributed by atoms with E-state index in [2.05, 4.69) is 170 Å². The Kier molecular flexibility index (Phi) is 6.09. The van der Waals surface area contributed by atoms with E-state index in [-0.39, 0.29) is 0 Å². The van der Waals surface area contributed by atoms with Gasteiger partial charge in [0.25, 0.3) is 0 Å². The number of hydrogen-bond donors (Lipinski definition) is 0. The number of ether oxygens (including phenoxy) is 2. The maximum Gasteiger partial charge on any atom is 0.135 e. The standard InChI is InChI=1S/C52H30O2/c1-2-24-47-42(12-1)46-23-9-22-44-41(28-29-49(53-47)52(44)46)40-20-8-18-38-37(17-7-19-39(38)40)36-16-6-14-34-33(13-5-15-35(34)36)32-26-27-43-45-21-3-10-31-11-4-25-48(51(31)45)54-50(43)30-32/h1-30H. The highest BCUT2D eigenvalue weighted by Crippen LogP contribution is 2.51. The summed E-state index contributed by atoms with van der Waals surface area (Å²) in [7, 11) is 0. The molecule has 250 valence electrons. The highest BCUT2D eigenvalue weighted by Gasteiger charge is 2.23. The van der Waals surface area contributed by atoms with Gasteiger partial charge in [-0.25, -0.2) is 0 Å². The van der Waals surface area contributed by atoms with Crippen LogP contribution in [0.15, 0.2) is 182 Å². The Hall–Kier alpha value is -7.16. The molecular weight excluding hydrogens is 657 g/mol. The molecule has 2 aliphatic rings. The minimum Gasteiger partial charge on any atom is -0.456 e. The summed E-state index contributed by atoms with van der Waals surface area (Å²) in [5.74, 6) is 3.61. The first kappa shape index (κ1) is 29.4.